The standard InChI is InChI=1S/C24H26N2O2/c1-16-12-13-24(2,21(14-16)25-17-8-6-5-7-9-17)22-19-11-10-18(26(3)4)15-20(19)23(27)28-22/h5-15,21-22,25H,1-4H3. The number of ether oxygens (including phenoxy) is 1. The Bertz CT molecular complexity index is 962. The van der Waals surface area contributed by atoms with E-state index in [-0.39, 0.29) is 18.1 Å². The molecule has 0 radical (unpaired) electrons. The lowest BCUT2D eigenvalue weighted by Crippen LogP contribution is -2.42. The highest BCUT2D eigenvalue weighted by molar-refractivity contribution is 5.95. The second kappa shape index (κ2) is 6.86. The van der Waals surface area contributed by atoms with Gasteiger partial charge >= 0.3 is 5.97 Å². The lowest BCUT2D eigenvalue weighted by molar-refractivity contribution is 0.00884. The molecule has 1 N–H and O–H groups in total. The third kappa shape index (κ3) is 3.09. The number of carbonyl (C=O) groups is 1. The van der Waals surface area contributed by atoms with E-state index in [4.69, 9.17) is 4.74 Å². The van der Waals surface area contributed by atoms with Crippen molar-refractivity contribution in [3.63, 3.8) is 0 Å². The average molecular weight is 374 g/mol. The zero-order valence-electron chi connectivity index (χ0n) is 16.8. The highest BCUT2D eigenvalue weighted by Gasteiger charge is 2.48. The number of esters is 1. The van der Waals surface area contributed by atoms with E-state index in [1.54, 1.807) is 0 Å². The molecule has 0 saturated heterocycles. The summed E-state index contributed by atoms with van der Waals surface area (Å²) in [5.74, 6) is -0.247. The van der Waals surface area contributed by atoms with Gasteiger partial charge in [0, 0.05) is 31.0 Å². The molecule has 0 fully saturated rings. The maximum atomic E-state index is 12.7. The fraction of sp³-hybridized carbons (Fsp3) is 0.292. The molecule has 2 aliphatic rings. The molecule has 2 aromatic carbocycles. The largest absolute Gasteiger partial charge is 0.453 e. The van der Waals surface area contributed by atoms with Gasteiger partial charge in [0.25, 0.3) is 0 Å². The highest BCUT2D eigenvalue weighted by Crippen LogP contribution is 2.49. The Morgan fingerprint density at radius 3 is 2.57 bits per heavy atom. The van der Waals surface area contributed by atoms with Crippen LogP contribution in [0.5, 0.6) is 0 Å². The molecule has 1 aliphatic carbocycles. The summed E-state index contributed by atoms with van der Waals surface area (Å²) in [6.45, 7) is 4.24. The van der Waals surface area contributed by atoms with Crippen molar-refractivity contribution in [3.8, 4) is 0 Å². The van der Waals surface area contributed by atoms with Crippen LogP contribution in [0.1, 0.15) is 35.9 Å². The van der Waals surface area contributed by atoms with Gasteiger partial charge in [-0.05, 0) is 38.1 Å². The van der Waals surface area contributed by atoms with E-state index in [1.165, 1.54) is 5.57 Å². The molecule has 2 aromatic rings. The lowest BCUT2D eigenvalue weighted by Gasteiger charge is -2.41. The van der Waals surface area contributed by atoms with E-state index in [9.17, 15) is 4.79 Å². The van der Waals surface area contributed by atoms with Crippen molar-refractivity contribution in [1.29, 1.82) is 0 Å². The van der Waals surface area contributed by atoms with Crippen LogP contribution in [-0.4, -0.2) is 26.1 Å². The summed E-state index contributed by atoms with van der Waals surface area (Å²) in [4.78, 5) is 14.7. The number of nitrogens with zero attached hydrogens (tertiary/aromatic N) is 1. The summed E-state index contributed by atoms with van der Waals surface area (Å²) in [5.41, 5.74) is 4.45. The first-order valence-electron chi connectivity index (χ1n) is 9.60. The van der Waals surface area contributed by atoms with Crippen molar-refractivity contribution in [3.05, 3.63) is 83.5 Å². The zero-order valence-corrected chi connectivity index (χ0v) is 16.8. The Kier molecular flexibility index (Phi) is 4.50. The highest BCUT2D eigenvalue weighted by atomic mass is 16.5. The number of fused-ring (bicyclic) bond motifs is 1. The molecule has 0 saturated carbocycles. The van der Waals surface area contributed by atoms with Crippen LogP contribution in [0, 0.1) is 5.41 Å². The average Bonchev–Trinajstić information content (AvgIpc) is 3.02. The van der Waals surface area contributed by atoms with Gasteiger partial charge in [0.05, 0.1) is 17.0 Å². The number of hydrogen-bond donors (Lipinski definition) is 1. The summed E-state index contributed by atoms with van der Waals surface area (Å²) in [5, 5.41) is 3.63. The van der Waals surface area contributed by atoms with Gasteiger partial charge in [0.1, 0.15) is 6.10 Å². The van der Waals surface area contributed by atoms with Crippen molar-refractivity contribution in [2.24, 2.45) is 5.41 Å². The normalized spacial score (nSPS) is 25.7. The van der Waals surface area contributed by atoms with Crippen LogP contribution in [0.2, 0.25) is 0 Å². The fourth-order valence-electron chi connectivity index (χ4n) is 4.00. The number of benzene rings is 2. The second-order valence-corrected chi connectivity index (χ2v) is 8.05. The predicted octanol–water partition coefficient (Wildman–Crippen LogP) is 4.97. The van der Waals surface area contributed by atoms with Crippen molar-refractivity contribution in [2.45, 2.75) is 26.0 Å². The van der Waals surface area contributed by atoms with Crippen LogP contribution in [0.25, 0.3) is 0 Å². The Balaban J connectivity index is 1.73. The number of para-hydroxylation sites is 1. The first kappa shape index (κ1) is 18.4. The van der Waals surface area contributed by atoms with Crippen LogP contribution in [-0.2, 0) is 4.74 Å². The molecular formula is C24H26N2O2. The first-order valence-corrected chi connectivity index (χ1v) is 9.60. The van der Waals surface area contributed by atoms with Gasteiger partial charge in [-0.25, -0.2) is 4.79 Å². The number of hydrogen-bond acceptors (Lipinski definition) is 4. The van der Waals surface area contributed by atoms with Crippen LogP contribution in [0.15, 0.2) is 72.3 Å². The second-order valence-electron chi connectivity index (χ2n) is 8.05. The molecule has 3 unspecified atom stereocenters. The van der Waals surface area contributed by atoms with Gasteiger partial charge in [-0.2, -0.15) is 0 Å². The fourth-order valence-corrected chi connectivity index (χ4v) is 4.00. The van der Waals surface area contributed by atoms with Gasteiger partial charge in [-0.15, -0.1) is 0 Å². The summed E-state index contributed by atoms with van der Waals surface area (Å²) in [6, 6.07) is 16.1. The molecule has 144 valence electrons. The number of rotatable bonds is 4. The molecule has 0 amide bonds. The molecular weight excluding hydrogens is 348 g/mol. The zero-order chi connectivity index (χ0) is 19.9. The maximum absolute atomic E-state index is 12.7. The summed E-state index contributed by atoms with van der Waals surface area (Å²) >= 11 is 0. The Morgan fingerprint density at radius 2 is 1.86 bits per heavy atom. The molecule has 0 bridgehead atoms. The summed E-state index contributed by atoms with van der Waals surface area (Å²) < 4.78 is 5.93. The Hall–Kier alpha value is -3.01. The molecule has 4 heteroatoms. The van der Waals surface area contributed by atoms with Crippen LogP contribution in [0.3, 0.4) is 0 Å². The molecule has 4 nitrogen and oxygen atoms in total. The molecule has 4 rings (SSSR count). The molecule has 1 heterocycles. The Morgan fingerprint density at radius 1 is 1.11 bits per heavy atom. The number of anilines is 2. The van der Waals surface area contributed by atoms with E-state index in [0.717, 1.165) is 16.9 Å². The number of carbonyl (C=O) groups excluding carboxylic acids is 1. The quantitative estimate of drug-likeness (QED) is 0.768. The minimum Gasteiger partial charge on any atom is -0.453 e. The molecule has 28 heavy (non-hydrogen) atoms. The number of nitrogens with one attached hydrogen (secondary N) is 1. The van der Waals surface area contributed by atoms with Crippen molar-refractivity contribution < 1.29 is 9.53 Å². The maximum Gasteiger partial charge on any atom is 0.339 e. The predicted molar refractivity (Wildman–Crippen MR) is 114 cm³/mol. The van der Waals surface area contributed by atoms with Gasteiger partial charge in [0.15, 0.2) is 0 Å². The SMILES string of the molecule is CC1=CC(Nc2ccccc2)C(C)(C2OC(=O)c3cc(N(C)C)ccc32)C=C1. The molecule has 0 spiro atoms. The van der Waals surface area contributed by atoms with E-state index in [0.29, 0.717) is 5.56 Å². The van der Waals surface area contributed by atoms with Gasteiger partial charge in [-0.1, -0.05) is 48.1 Å². The molecule has 1 aliphatic heterocycles. The van der Waals surface area contributed by atoms with E-state index in [1.807, 2.05) is 55.4 Å². The third-order valence-electron chi connectivity index (χ3n) is 5.75. The minimum absolute atomic E-state index is 0.00262. The van der Waals surface area contributed by atoms with Gasteiger partial charge < -0.3 is 15.0 Å². The Labute approximate surface area is 166 Å². The van der Waals surface area contributed by atoms with Crippen molar-refractivity contribution in [1.82, 2.24) is 0 Å². The summed E-state index contributed by atoms with van der Waals surface area (Å²) in [7, 11) is 3.94. The van der Waals surface area contributed by atoms with Crippen LogP contribution < -0.4 is 10.2 Å². The van der Waals surface area contributed by atoms with Crippen molar-refractivity contribution in [2.75, 3.05) is 24.3 Å². The third-order valence-corrected chi connectivity index (χ3v) is 5.75. The monoisotopic (exact) mass is 374 g/mol. The lowest BCUT2D eigenvalue weighted by atomic mass is 9.71. The first-order chi connectivity index (χ1) is 13.4. The van der Waals surface area contributed by atoms with Gasteiger partial charge in [-0.3, -0.25) is 0 Å². The van der Waals surface area contributed by atoms with Crippen LogP contribution >= 0.6 is 0 Å². The summed E-state index contributed by atoms with van der Waals surface area (Å²) in [6.07, 6.45) is 6.17. The van der Waals surface area contributed by atoms with E-state index in [2.05, 4.69) is 49.5 Å². The van der Waals surface area contributed by atoms with Crippen LogP contribution in [0.4, 0.5) is 11.4 Å². The van der Waals surface area contributed by atoms with Crippen molar-refractivity contribution >= 4 is 17.3 Å². The number of cyclic esters (lactones) is 1. The minimum atomic E-state index is -0.407. The van der Waals surface area contributed by atoms with E-state index >= 15 is 0 Å². The van der Waals surface area contributed by atoms with E-state index < -0.39 is 5.41 Å². The topological polar surface area (TPSA) is 41.6 Å². The smallest absolute Gasteiger partial charge is 0.339 e. The van der Waals surface area contributed by atoms with Gasteiger partial charge in [0.2, 0.25) is 0 Å². The number of allylic oxidation sites excluding steroid dienone is 2. The molecule has 0 aromatic heterocycles. The molecule has 3 atom stereocenters.